The molecule has 1 aromatic rings. The van der Waals surface area contributed by atoms with Crippen molar-refractivity contribution in [1.82, 2.24) is 15.1 Å². The molecule has 1 unspecified atom stereocenters. The number of hydrogen-bond donors (Lipinski definition) is 1. The van der Waals surface area contributed by atoms with Crippen molar-refractivity contribution in [2.75, 3.05) is 26.7 Å². The van der Waals surface area contributed by atoms with Crippen molar-refractivity contribution in [2.45, 2.75) is 44.2 Å². The van der Waals surface area contributed by atoms with Gasteiger partial charge >= 0.3 is 12.4 Å². The molecular weight excluding hydrogens is 510 g/mol. The molecule has 196 valence electrons. The van der Waals surface area contributed by atoms with Gasteiger partial charge in [0.1, 0.15) is 11.9 Å². The molecule has 0 radical (unpaired) electrons. The smallest absolute Gasteiger partial charge is 0.344 e. The van der Waals surface area contributed by atoms with Gasteiger partial charge in [0, 0.05) is 20.1 Å². The standard InChI is InChI=1S/C23H24F6N4O2S/c1-32-7-6-17(20(32)34)30-19-18(36-21(35)31-19)10-13-4-8-33(9-5-13)12-14-2-3-15(22(24,25)26)11-16(14)23(27,28)29/h2-3,10-11,13,17H,4-9,12H2,1H3,(H,30,31,35). The number of piperidine rings is 1. The number of rotatable bonds is 4. The van der Waals surface area contributed by atoms with Gasteiger partial charge in [-0.25, -0.2) is 0 Å². The van der Waals surface area contributed by atoms with Crippen molar-refractivity contribution in [2.24, 2.45) is 10.9 Å². The predicted molar refractivity (Wildman–Crippen MR) is 122 cm³/mol. The first-order chi connectivity index (χ1) is 16.8. The molecule has 0 bridgehead atoms. The first-order valence-corrected chi connectivity index (χ1v) is 12.2. The highest BCUT2D eigenvalue weighted by Gasteiger charge is 2.38. The van der Waals surface area contributed by atoms with Crippen LogP contribution in [0, 0.1) is 5.92 Å². The summed E-state index contributed by atoms with van der Waals surface area (Å²) < 4.78 is 79.1. The summed E-state index contributed by atoms with van der Waals surface area (Å²) in [6.45, 7) is 1.36. The number of likely N-dealkylation sites (N-methyl/N-ethyl adjacent to an activating group) is 1. The molecule has 3 heterocycles. The summed E-state index contributed by atoms with van der Waals surface area (Å²) in [5.74, 6) is 0.293. The van der Waals surface area contributed by atoms with Gasteiger partial charge in [0.2, 0.25) is 5.91 Å². The second-order valence-corrected chi connectivity index (χ2v) is 10.1. The lowest BCUT2D eigenvalue weighted by Crippen LogP contribution is -2.33. The predicted octanol–water partition coefficient (Wildman–Crippen LogP) is 4.91. The summed E-state index contributed by atoms with van der Waals surface area (Å²) in [4.78, 5) is 32.5. The Balaban J connectivity index is 1.42. The van der Waals surface area contributed by atoms with E-state index in [0.717, 1.165) is 17.8 Å². The fourth-order valence-corrected chi connectivity index (χ4v) is 5.32. The van der Waals surface area contributed by atoms with Crippen LogP contribution < -0.4 is 5.32 Å². The van der Waals surface area contributed by atoms with Gasteiger partial charge in [-0.2, -0.15) is 26.3 Å². The summed E-state index contributed by atoms with van der Waals surface area (Å²) in [6.07, 6.45) is -6.10. The number of carbonyl (C=O) groups is 2. The fourth-order valence-electron chi connectivity index (χ4n) is 4.51. The number of alkyl halides is 6. The highest BCUT2D eigenvalue weighted by Crippen LogP contribution is 2.38. The Morgan fingerprint density at radius 1 is 1.06 bits per heavy atom. The largest absolute Gasteiger partial charge is 0.416 e. The monoisotopic (exact) mass is 534 g/mol. The van der Waals surface area contributed by atoms with Crippen LogP contribution >= 0.6 is 11.8 Å². The minimum atomic E-state index is -4.90. The second-order valence-electron chi connectivity index (χ2n) is 9.07. The molecule has 4 rings (SSSR count). The van der Waals surface area contributed by atoms with E-state index in [4.69, 9.17) is 0 Å². The van der Waals surface area contributed by atoms with E-state index in [-0.39, 0.29) is 35.2 Å². The summed E-state index contributed by atoms with van der Waals surface area (Å²) in [5, 5.41) is 2.38. The molecule has 3 fully saturated rings. The molecule has 2 amide bonds. The minimum absolute atomic E-state index is 0.0401. The van der Waals surface area contributed by atoms with Crippen LogP contribution in [0.5, 0.6) is 0 Å². The maximum Gasteiger partial charge on any atom is 0.416 e. The number of carbonyl (C=O) groups excluding carboxylic acids is 2. The average Bonchev–Trinajstić information content (AvgIpc) is 3.29. The number of nitrogens with one attached hydrogen (secondary N) is 1. The second kappa shape index (κ2) is 10.1. The lowest BCUT2D eigenvalue weighted by atomic mass is 9.95. The molecule has 6 nitrogen and oxygen atoms in total. The third-order valence-corrected chi connectivity index (χ3v) is 7.33. The van der Waals surface area contributed by atoms with Crippen LogP contribution in [0.25, 0.3) is 0 Å². The van der Waals surface area contributed by atoms with Crippen molar-refractivity contribution in [3.63, 3.8) is 0 Å². The van der Waals surface area contributed by atoms with Gasteiger partial charge in [-0.1, -0.05) is 12.1 Å². The van der Waals surface area contributed by atoms with E-state index in [9.17, 15) is 35.9 Å². The molecular formula is C23H24F6N4O2S. The normalized spacial score (nSPS) is 24.9. The minimum Gasteiger partial charge on any atom is -0.344 e. The molecule has 3 aliphatic heterocycles. The number of aliphatic imine (C=N–C) groups is 1. The first kappa shape index (κ1) is 26.5. The first-order valence-electron chi connectivity index (χ1n) is 11.3. The van der Waals surface area contributed by atoms with Crippen LogP contribution in [0.15, 0.2) is 34.2 Å². The number of benzene rings is 1. The molecule has 1 N–H and O–H groups in total. The molecule has 0 aromatic heterocycles. The van der Waals surface area contributed by atoms with Crippen LogP contribution in [0.3, 0.4) is 0 Å². The highest BCUT2D eigenvalue weighted by atomic mass is 32.2. The van der Waals surface area contributed by atoms with E-state index in [0.29, 0.717) is 55.7 Å². The van der Waals surface area contributed by atoms with Crippen LogP contribution in [-0.2, 0) is 23.7 Å². The Bertz CT molecular complexity index is 1090. The summed E-state index contributed by atoms with van der Waals surface area (Å²) >= 11 is 0.989. The lowest BCUT2D eigenvalue weighted by molar-refractivity contribution is -0.143. The van der Waals surface area contributed by atoms with Crippen molar-refractivity contribution >= 4 is 28.7 Å². The molecule has 3 saturated heterocycles. The number of amidine groups is 1. The molecule has 0 aliphatic carbocycles. The molecule has 36 heavy (non-hydrogen) atoms. The Labute approximate surface area is 207 Å². The molecule has 1 atom stereocenters. The van der Waals surface area contributed by atoms with Crippen LogP contribution in [0.4, 0.5) is 31.1 Å². The maximum absolute atomic E-state index is 13.5. The molecule has 3 aliphatic rings. The van der Waals surface area contributed by atoms with Crippen LogP contribution in [0.1, 0.15) is 36.0 Å². The van der Waals surface area contributed by atoms with Gasteiger partial charge in [-0.05, 0) is 67.7 Å². The van der Waals surface area contributed by atoms with E-state index in [1.165, 1.54) is 0 Å². The number of hydrogen-bond acceptors (Lipinski definition) is 5. The van der Waals surface area contributed by atoms with E-state index in [1.54, 1.807) is 16.8 Å². The lowest BCUT2D eigenvalue weighted by Gasteiger charge is -2.31. The molecule has 1 aromatic carbocycles. The third-order valence-electron chi connectivity index (χ3n) is 6.50. The number of nitrogens with zero attached hydrogens (tertiary/aromatic N) is 3. The molecule has 0 saturated carbocycles. The van der Waals surface area contributed by atoms with Crippen LogP contribution in [-0.4, -0.2) is 59.5 Å². The third kappa shape index (κ3) is 6.05. The Morgan fingerprint density at radius 2 is 1.75 bits per heavy atom. The van der Waals surface area contributed by atoms with E-state index in [1.807, 2.05) is 6.08 Å². The quantitative estimate of drug-likeness (QED) is 0.558. The number of allylic oxidation sites excluding steroid dienone is 1. The zero-order valence-corrected chi connectivity index (χ0v) is 20.1. The van der Waals surface area contributed by atoms with Crippen LogP contribution in [0.2, 0.25) is 0 Å². The van der Waals surface area contributed by atoms with Crippen molar-refractivity contribution in [1.29, 1.82) is 0 Å². The SMILES string of the molecule is CN1CCC(N=C2NC(=O)SC2=CC2CCN(Cc3ccc(C(F)(F)F)cc3C(F)(F)F)CC2)C1=O. The number of amides is 2. The summed E-state index contributed by atoms with van der Waals surface area (Å²) in [7, 11) is 1.69. The highest BCUT2D eigenvalue weighted by molar-refractivity contribution is 8.18. The van der Waals surface area contributed by atoms with Gasteiger partial charge in [0.15, 0.2) is 0 Å². The van der Waals surface area contributed by atoms with E-state index < -0.39 is 29.5 Å². The van der Waals surface area contributed by atoms with Gasteiger partial charge in [-0.3, -0.25) is 19.5 Å². The fraction of sp³-hybridized carbons (Fsp3) is 0.522. The zero-order valence-electron chi connectivity index (χ0n) is 19.2. The number of thioether (sulfide) groups is 1. The van der Waals surface area contributed by atoms with Gasteiger partial charge < -0.3 is 10.2 Å². The zero-order chi connectivity index (χ0) is 26.3. The van der Waals surface area contributed by atoms with Crippen molar-refractivity contribution in [3.8, 4) is 0 Å². The number of halogens is 6. The molecule has 0 spiro atoms. The summed E-state index contributed by atoms with van der Waals surface area (Å²) in [5.41, 5.74) is -2.81. The Morgan fingerprint density at radius 3 is 2.33 bits per heavy atom. The van der Waals surface area contributed by atoms with E-state index in [2.05, 4.69) is 10.3 Å². The number of likely N-dealkylation sites (tertiary alicyclic amines) is 2. The topological polar surface area (TPSA) is 65.0 Å². The van der Waals surface area contributed by atoms with Gasteiger partial charge in [0.05, 0.1) is 16.0 Å². The summed E-state index contributed by atoms with van der Waals surface area (Å²) in [6, 6.07) is 1.20. The van der Waals surface area contributed by atoms with Crippen molar-refractivity contribution < 1.29 is 35.9 Å². The molecule has 13 heteroatoms. The van der Waals surface area contributed by atoms with Crippen molar-refractivity contribution in [3.05, 3.63) is 45.9 Å². The van der Waals surface area contributed by atoms with Gasteiger partial charge in [0.25, 0.3) is 5.24 Å². The average molecular weight is 535 g/mol. The van der Waals surface area contributed by atoms with E-state index >= 15 is 0 Å². The van der Waals surface area contributed by atoms with Gasteiger partial charge in [-0.15, -0.1) is 0 Å². The Kier molecular flexibility index (Phi) is 7.42. The maximum atomic E-state index is 13.5. The Hall–Kier alpha value is -2.54.